The van der Waals surface area contributed by atoms with Gasteiger partial charge in [-0.3, -0.25) is 0 Å². The van der Waals surface area contributed by atoms with Crippen molar-refractivity contribution >= 4 is 0 Å². The summed E-state index contributed by atoms with van der Waals surface area (Å²) in [7, 11) is 1.71. The molecule has 4 heteroatoms. The zero-order valence-corrected chi connectivity index (χ0v) is 14.8. The number of aliphatic hydroxyl groups is 1. The second kappa shape index (κ2) is 5.40. The highest BCUT2D eigenvalue weighted by atomic mass is 16.5. The van der Waals surface area contributed by atoms with E-state index in [9.17, 15) is 15.3 Å². The molecular formula is C21H26O4. The Labute approximate surface area is 148 Å². The highest BCUT2D eigenvalue weighted by Gasteiger charge is 2.63. The Morgan fingerprint density at radius 1 is 1.28 bits per heavy atom. The quantitative estimate of drug-likeness (QED) is 0.542. The van der Waals surface area contributed by atoms with Crippen LogP contribution in [-0.4, -0.2) is 34.1 Å². The molecule has 3 aliphatic rings. The second-order valence-electron chi connectivity index (χ2n) is 8.27. The number of aromatic hydroxyl groups is 2. The average molecular weight is 342 g/mol. The van der Waals surface area contributed by atoms with Gasteiger partial charge in [0.2, 0.25) is 0 Å². The van der Waals surface area contributed by atoms with E-state index in [0.29, 0.717) is 24.7 Å². The van der Waals surface area contributed by atoms with Crippen molar-refractivity contribution in [3.8, 4) is 23.8 Å². The third-order valence-corrected chi connectivity index (χ3v) is 7.51. The van der Waals surface area contributed by atoms with Crippen LogP contribution in [0.2, 0.25) is 0 Å². The van der Waals surface area contributed by atoms with Crippen LogP contribution in [0.4, 0.5) is 0 Å². The summed E-state index contributed by atoms with van der Waals surface area (Å²) < 4.78 is 5.87. The Hall–Kier alpha value is -1.70. The number of ether oxygens (including phenoxy) is 1. The van der Waals surface area contributed by atoms with Gasteiger partial charge in [0.15, 0.2) is 11.5 Å². The molecule has 1 aromatic rings. The van der Waals surface area contributed by atoms with Gasteiger partial charge in [0.1, 0.15) is 5.60 Å². The maximum Gasteiger partial charge on any atom is 0.160 e. The van der Waals surface area contributed by atoms with Crippen LogP contribution in [0, 0.1) is 29.6 Å². The normalized spacial score (nSPS) is 42.2. The number of methoxy groups -OCH3 is 1. The third kappa shape index (κ3) is 2.03. The Morgan fingerprint density at radius 2 is 2.04 bits per heavy atom. The minimum atomic E-state index is -1.07. The molecular weight excluding hydrogens is 316 g/mol. The molecule has 0 aromatic heterocycles. The molecule has 6 atom stereocenters. The molecule has 134 valence electrons. The van der Waals surface area contributed by atoms with Crippen molar-refractivity contribution in [2.24, 2.45) is 17.3 Å². The summed E-state index contributed by atoms with van der Waals surface area (Å²) in [5.41, 5.74) is 0.505. The zero-order valence-electron chi connectivity index (χ0n) is 14.8. The Morgan fingerprint density at radius 3 is 2.72 bits per heavy atom. The fourth-order valence-corrected chi connectivity index (χ4v) is 6.16. The standard InChI is InChI=1S/C21H26O4/c1-4-21(24)10-9-15-14-6-5-13-12(7-8-16(22)19(13)23)18(14)17(25-3)11-20(15,21)2/h1,7-8,14-15,17-18,22-24H,5-6,9-11H2,2-3H3. The first-order chi connectivity index (χ1) is 11.9. The van der Waals surface area contributed by atoms with Crippen molar-refractivity contribution in [1.29, 1.82) is 0 Å². The fraction of sp³-hybridized carbons (Fsp3) is 0.619. The molecule has 1 aromatic carbocycles. The summed E-state index contributed by atoms with van der Waals surface area (Å²) in [5, 5.41) is 31.2. The lowest BCUT2D eigenvalue weighted by Crippen LogP contribution is -2.54. The van der Waals surface area contributed by atoms with E-state index in [0.717, 1.165) is 30.4 Å². The van der Waals surface area contributed by atoms with E-state index in [1.54, 1.807) is 13.2 Å². The lowest BCUT2D eigenvalue weighted by atomic mass is 9.52. The summed E-state index contributed by atoms with van der Waals surface area (Å²) >= 11 is 0. The van der Waals surface area contributed by atoms with Crippen LogP contribution in [0.5, 0.6) is 11.5 Å². The SMILES string of the molecule is C#CC1(O)CCC2C3CCc4c(ccc(O)c4O)C3C(OC)CC21C. The highest BCUT2D eigenvalue weighted by Crippen LogP contribution is 2.65. The maximum absolute atomic E-state index is 11.1. The fourth-order valence-electron chi connectivity index (χ4n) is 6.16. The molecule has 3 N–H and O–H groups in total. The van der Waals surface area contributed by atoms with Crippen molar-refractivity contribution in [2.75, 3.05) is 7.11 Å². The van der Waals surface area contributed by atoms with Gasteiger partial charge in [0.25, 0.3) is 0 Å². The molecule has 0 amide bonds. The van der Waals surface area contributed by atoms with Crippen LogP contribution in [0.3, 0.4) is 0 Å². The van der Waals surface area contributed by atoms with Gasteiger partial charge in [-0.2, -0.15) is 0 Å². The number of rotatable bonds is 1. The van der Waals surface area contributed by atoms with Crippen molar-refractivity contribution in [3.05, 3.63) is 23.3 Å². The Bertz CT molecular complexity index is 751. The van der Waals surface area contributed by atoms with Gasteiger partial charge >= 0.3 is 0 Å². The van der Waals surface area contributed by atoms with E-state index in [1.165, 1.54) is 0 Å². The molecule has 4 nitrogen and oxygen atoms in total. The average Bonchev–Trinajstić information content (AvgIpc) is 2.88. The molecule has 0 heterocycles. The number of hydrogen-bond donors (Lipinski definition) is 3. The minimum absolute atomic E-state index is 0.00527. The first-order valence-electron chi connectivity index (χ1n) is 9.13. The Balaban J connectivity index is 1.82. The van der Waals surface area contributed by atoms with Gasteiger partial charge in [-0.15, -0.1) is 6.42 Å². The number of hydrogen-bond acceptors (Lipinski definition) is 4. The molecule has 6 unspecified atom stereocenters. The number of benzene rings is 1. The summed E-state index contributed by atoms with van der Waals surface area (Å²) in [5.74, 6) is 3.50. The van der Waals surface area contributed by atoms with Crippen LogP contribution in [0.1, 0.15) is 49.7 Å². The van der Waals surface area contributed by atoms with Crippen LogP contribution in [-0.2, 0) is 11.2 Å². The van der Waals surface area contributed by atoms with Crippen molar-refractivity contribution in [1.82, 2.24) is 0 Å². The molecule has 0 aliphatic heterocycles. The summed E-state index contributed by atoms with van der Waals surface area (Å²) in [6.07, 6.45) is 9.57. The number of phenols is 2. The number of phenolic OH excluding ortho intramolecular Hbond substituents is 2. The molecule has 0 bridgehead atoms. The van der Waals surface area contributed by atoms with Crippen LogP contribution < -0.4 is 0 Å². The van der Waals surface area contributed by atoms with Crippen molar-refractivity contribution < 1.29 is 20.1 Å². The van der Waals surface area contributed by atoms with Crippen molar-refractivity contribution in [2.45, 2.75) is 56.7 Å². The first kappa shape index (κ1) is 16.8. The molecule has 0 spiro atoms. The van der Waals surface area contributed by atoms with Crippen LogP contribution >= 0.6 is 0 Å². The summed E-state index contributed by atoms with van der Waals surface area (Å²) in [6, 6.07) is 3.50. The molecule has 2 fully saturated rings. The molecule has 4 rings (SSSR count). The van der Waals surface area contributed by atoms with E-state index < -0.39 is 5.60 Å². The Kier molecular flexibility index (Phi) is 3.62. The highest BCUT2D eigenvalue weighted by molar-refractivity contribution is 5.52. The molecule has 0 saturated heterocycles. The molecule has 25 heavy (non-hydrogen) atoms. The van der Waals surface area contributed by atoms with E-state index in [1.807, 2.05) is 6.07 Å². The van der Waals surface area contributed by atoms with Crippen LogP contribution in [0.15, 0.2) is 12.1 Å². The first-order valence-corrected chi connectivity index (χ1v) is 9.13. The van der Waals surface area contributed by atoms with E-state index in [-0.39, 0.29) is 28.9 Å². The van der Waals surface area contributed by atoms with Gasteiger partial charge in [0, 0.05) is 24.0 Å². The molecule has 2 saturated carbocycles. The summed E-state index contributed by atoms with van der Waals surface area (Å²) in [6.45, 7) is 2.12. The van der Waals surface area contributed by atoms with Gasteiger partial charge in [-0.05, 0) is 55.6 Å². The second-order valence-corrected chi connectivity index (χ2v) is 8.27. The third-order valence-electron chi connectivity index (χ3n) is 7.51. The van der Waals surface area contributed by atoms with Gasteiger partial charge in [-0.1, -0.05) is 18.9 Å². The maximum atomic E-state index is 11.1. The van der Waals surface area contributed by atoms with Crippen LogP contribution in [0.25, 0.3) is 0 Å². The van der Waals surface area contributed by atoms with E-state index in [2.05, 4.69) is 12.8 Å². The number of terminal acetylenes is 1. The van der Waals surface area contributed by atoms with Crippen molar-refractivity contribution in [3.63, 3.8) is 0 Å². The molecule has 0 radical (unpaired) electrons. The van der Waals surface area contributed by atoms with Gasteiger partial charge in [0.05, 0.1) is 6.10 Å². The van der Waals surface area contributed by atoms with Gasteiger partial charge < -0.3 is 20.1 Å². The lowest BCUT2D eigenvalue weighted by molar-refractivity contribution is -0.117. The lowest BCUT2D eigenvalue weighted by Gasteiger charge is -2.54. The van der Waals surface area contributed by atoms with Gasteiger partial charge in [-0.25, -0.2) is 0 Å². The minimum Gasteiger partial charge on any atom is -0.504 e. The summed E-state index contributed by atoms with van der Waals surface area (Å²) in [4.78, 5) is 0. The predicted octanol–water partition coefficient (Wildman–Crippen LogP) is 2.94. The number of fused-ring (bicyclic) bond motifs is 5. The topological polar surface area (TPSA) is 69.9 Å². The predicted molar refractivity (Wildman–Crippen MR) is 94.4 cm³/mol. The van der Waals surface area contributed by atoms with E-state index >= 15 is 0 Å². The zero-order chi connectivity index (χ0) is 18.0. The largest absolute Gasteiger partial charge is 0.504 e. The smallest absolute Gasteiger partial charge is 0.160 e. The monoisotopic (exact) mass is 342 g/mol. The van der Waals surface area contributed by atoms with E-state index in [4.69, 9.17) is 11.2 Å². The molecule has 3 aliphatic carbocycles.